The minimum absolute atomic E-state index is 0.132. The Bertz CT molecular complexity index is 402. The SMILES string of the molecule is CCCN1C(=O)N(C)C(=O)C2C(=O)C[NH+]=C21. The second kappa shape index (κ2) is 3.70. The molecule has 0 radical (unpaired) electrons. The van der Waals surface area contributed by atoms with Crippen LogP contribution in [0.15, 0.2) is 0 Å². The molecule has 1 saturated heterocycles. The summed E-state index contributed by atoms with van der Waals surface area (Å²) in [4.78, 5) is 40.5. The Morgan fingerprint density at radius 1 is 1.38 bits per heavy atom. The number of rotatable bonds is 2. The first-order chi connectivity index (χ1) is 7.57. The molecule has 2 heterocycles. The monoisotopic (exact) mass is 224 g/mol. The van der Waals surface area contributed by atoms with Crippen LogP contribution in [0.25, 0.3) is 0 Å². The first-order valence-corrected chi connectivity index (χ1v) is 5.30. The van der Waals surface area contributed by atoms with Crippen molar-refractivity contribution in [2.45, 2.75) is 13.3 Å². The van der Waals surface area contributed by atoms with Gasteiger partial charge in [0.2, 0.25) is 5.92 Å². The standard InChI is InChI=1S/C10H13N3O3/c1-3-4-13-8-7(6(14)5-11-8)9(15)12(2)10(13)16/h7H,3-5H2,1-2H3/p+1. The van der Waals surface area contributed by atoms with Gasteiger partial charge in [0.05, 0.1) is 6.54 Å². The summed E-state index contributed by atoms with van der Waals surface area (Å²) >= 11 is 0. The van der Waals surface area contributed by atoms with Crippen molar-refractivity contribution in [2.24, 2.45) is 5.92 Å². The third-order valence-electron chi connectivity index (χ3n) is 2.87. The zero-order chi connectivity index (χ0) is 11.9. The summed E-state index contributed by atoms with van der Waals surface area (Å²) in [6.07, 6.45) is 0.778. The molecule has 0 bridgehead atoms. The van der Waals surface area contributed by atoms with Crippen molar-refractivity contribution >= 4 is 23.6 Å². The number of amidine groups is 1. The van der Waals surface area contributed by atoms with E-state index in [-0.39, 0.29) is 18.4 Å². The molecule has 1 fully saturated rings. The maximum atomic E-state index is 11.8. The van der Waals surface area contributed by atoms with Gasteiger partial charge < -0.3 is 0 Å². The lowest BCUT2D eigenvalue weighted by molar-refractivity contribution is -0.442. The number of amides is 3. The Balaban J connectivity index is 2.37. The van der Waals surface area contributed by atoms with E-state index in [4.69, 9.17) is 0 Å². The molecule has 2 aliphatic rings. The number of carbonyl (C=O) groups excluding carboxylic acids is 3. The van der Waals surface area contributed by atoms with E-state index >= 15 is 0 Å². The number of hydrogen-bond donors (Lipinski definition) is 1. The van der Waals surface area contributed by atoms with Gasteiger partial charge in [0.25, 0.3) is 11.7 Å². The van der Waals surface area contributed by atoms with Crippen LogP contribution >= 0.6 is 0 Å². The quantitative estimate of drug-likeness (QED) is 0.550. The van der Waals surface area contributed by atoms with Gasteiger partial charge in [-0.25, -0.2) is 9.69 Å². The number of Topliss-reactive ketones (excluding diaryl/α,β-unsaturated/α-hetero) is 1. The second-order valence-electron chi connectivity index (χ2n) is 3.97. The average molecular weight is 224 g/mol. The van der Waals surface area contributed by atoms with Crippen molar-refractivity contribution in [3.63, 3.8) is 0 Å². The van der Waals surface area contributed by atoms with Crippen LogP contribution < -0.4 is 4.99 Å². The first kappa shape index (κ1) is 10.8. The smallest absolute Gasteiger partial charge is 0.294 e. The van der Waals surface area contributed by atoms with Crippen molar-refractivity contribution in [3.05, 3.63) is 0 Å². The van der Waals surface area contributed by atoms with Gasteiger partial charge >= 0.3 is 6.03 Å². The molecule has 3 amide bonds. The Labute approximate surface area is 92.9 Å². The molecule has 0 saturated carbocycles. The molecule has 6 heteroatoms. The zero-order valence-electron chi connectivity index (χ0n) is 9.32. The highest BCUT2D eigenvalue weighted by Gasteiger charge is 2.53. The lowest BCUT2D eigenvalue weighted by Crippen LogP contribution is -2.76. The highest BCUT2D eigenvalue weighted by molar-refractivity contribution is 6.27. The molecule has 16 heavy (non-hydrogen) atoms. The molecule has 86 valence electrons. The molecule has 1 unspecified atom stereocenters. The number of hydrogen-bond acceptors (Lipinski definition) is 3. The Morgan fingerprint density at radius 2 is 2.06 bits per heavy atom. The number of urea groups is 1. The molecule has 6 nitrogen and oxygen atoms in total. The maximum absolute atomic E-state index is 11.8. The molecule has 0 aromatic carbocycles. The normalized spacial score (nSPS) is 25.0. The van der Waals surface area contributed by atoms with E-state index in [0.29, 0.717) is 12.4 Å². The molecule has 0 aromatic heterocycles. The maximum Gasteiger partial charge on any atom is 0.417 e. The van der Waals surface area contributed by atoms with Crippen molar-refractivity contribution in [1.29, 1.82) is 0 Å². The summed E-state index contributed by atoms with van der Waals surface area (Å²) in [6.45, 7) is 2.59. The van der Waals surface area contributed by atoms with Crippen molar-refractivity contribution in [1.82, 2.24) is 9.80 Å². The summed E-state index contributed by atoms with van der Waals surface area (Å²) in [7, 11) is 1.41. The Kier molecular flexibility index (Phi) is 2.49. The number of nitrogens with one attached hydrogen (secondary N) is 1. The molecule has 0 aliphatic carbocycles. The van der Waals surface area contributed by atoms with Gasteiger partial charge in [-0.15, -0.1) is 0 Å². The molecule has 1 N–H and O–H groups in total. The third kappa shape index (κ3) is 1.33. The van der Waals surface area contributed by atoms with Gasteiger partial charge in [-0.1, -0.05) is 6.92 Å². The first-order valence-electron chi connectivity index (χ1n) is 5.30. The van der Waals surface area contributed by atoms with E-state index in [0.717, 1.165) is 11.3 Å². The second-order valence-corrected chi connectivity index (χ2v) is 3.97. The number of ketones is 1. The minimum atomic E-state index is -0.797. The average Bonchev–Trinajstić information content (AvgIpc) is 2.64. The molecular formula is C10H14N3O3+. The van der Waals surface area contributed by atoms with Crippen LogP contribution in [0, 0.1) is 5.92 Å². The predicted molar refractivity (Wildman–Crippen MR) is 54.5 cm³/mol. The summed E-state index contributed by atoms with van der Waals surface area (Å²) in [6, 6.07) is -0.361. The van der Waals surface area contributed by atoms with Crippen molar-refractivity contribution in [2.75, 3.05) is 20.1 Å². The Hall–Kier alpha value is -1.72. The van der Waals surface area contributed by atoms with Crippen LogP contribution in [0.1, 0.15) is 13.3 Å². The van der Waals surface area contributed by atoms with E-state index < -0.39 is 11.8 Å². The fourth-order valence-electron chi connectivity index (χ4n) is 2.05. The minimum Gasteiger partial charge on any atom is -0.294 e. The topological polar surface area (TPSA) is 71.7 Å². The number of fused-ring (bicyclic) bond motifs is 1. The largest absolute Gasteiger partial charge is 0.417 e. The summed E-state index contributed by atoms with van der Waals surface area (Å²) in [5.41, 5.74) is 0. The van der Waals surface area contributed by atoms with Crippen molar-refractivity contribution in [3.8, 4) is 0 Å². The van der Waals surface area contributed by atoms with Gasteiger partial charge in [-0.3, -0.25) is 14.6 Å². The van der Waals surface area contributed by atoms with Gasteiger partial charge in [0.15, 0.2) is 5.78 Å². The zero-order valence-corrected chi connectivity index (χ0v) is 9.32. The predicted octanol–water partition coefficient (Wildman–Crippen LogP) is -2.03. The van der Waals surface area contributed by atoms with E-state index in [1.54, 1.807) is 0 Å². The summed E-state index contributed by atoms with van der Waals surface area (Å²) in [5, 5.41) is 0. The molecule has 0 aromatic rings. The van der Waals surface area contributed by atoms with Crippen LogP contribution in [0.3, 0.4) is 0 Å². The van der Waals surface area contributed by atoms with Crippen LogP contribution in [0.5, 0.6) is 0 Å². The summed E-state index contributed by atoms with van der Waals surface area (Å²) < 4.78 is 0. The van der Waals surface area contributed by atoms with Crippen LogP contribution in [0.4, 0.5) is 4.79 Å². The van der Waals surface area contributed by atoms with Crippen LogP contribution in [-0.2, 0) is 9.59 Å². The van der Waals surface area contributed by atoms with E-state index in [1.807, 2.05) is 6.92 Å². The molecule has 2 rings (SSSR count). The fraction of sp³-hybridized carbons (Fsp3) is 0.600. The van der Waals surface area contributed by atoms with E-state index in [1.165, 1.54) is 11.9 Å². The van der Waals surface area contributed by atoms with Gasteiger partial charge in [-0.2, -0.15) is 4.90 Å². The molecule has 2 aliphatic heterocycles. The van der Waals surface area contributed by atoms with Crippen LogP contribution in [0.2, 0.25) is 0 Å². The van der Waals surface area contributed by atoms with E-state index in [2.05, 4.69) is 4.99 Å². The molecular weight excluding hydrogens is 210 g/mol. The van der Waals surface area contributed by atoms with Gasteiger partial charge in [-0.05, 0) is 6.42 Å². The third-order valence-corrected chi connectivity index (χ3v) is 2.87. The highest BCUT2D eigenvalue weighted by atomic mass is 16.2. The highest BCUT2D eigenvalue weighted by Crippen LogP contribution is 2.17. The van der Waals surface area contributed by atoms with Crippen LogP contribution in [-0.4, -0.2) is 53.5 Å². The molecule has 0 spiro atoms. The lowest BCUT2D eigenvalue weighted by Gasteiger charge is -2.28. The number of nitrogens with zero attached hydrogens (tertiary/aromatic N) is 2. The van der Waals surface area contributed by atoms with Crippen molar-refractivity contribution < 1.29 is 19.4 Å². The lowest BCUT2D eigenvalue weighted by atomic mass is 10.0. The molecule has 1 atom stereocenters. The van der Waals surface area contributed by atoms with E-state index in [9.17, 15) is 14.4 Å². The fourth-order valence-corrected chi connectivity index (χ4v) is 2.05. The number of imide groups is 1. The van der Waals surface area contributed by atoms with Gasteiger partial charge in [0, 0.05) is 7.05 Å². The van der Waals surface area contributed by atoms with Gasteiger partial charge in [0.1, 0.15) is 6.54 Å². The summed E-state index contributed by atoms with van der Waals surface area (Å²) in [5.74, 6) is -0.933. The number of carbonyl (C=O) groups is 3. The Morgan fingerprint density at radius 3 is 2.69 bits per heavy atom.